The summed E-state index contributed by atoms with van der Waals surface area (Å²) in [5.74, 6) is -1.94. The van der Waals surface area contributed by atoms with E-state index in [2.05, 4.69) is 9.47 Å². The molecule has 0 saturated heterocycles. The van der Waals surface area contributed by atoms with Crippen molar-refractivity contribution in [3.63, 3.8) is 0 Å². The van der Waals surface area contributed by atoms with Crippen LogP contribution in [0.2, 0.25) is 0 Å². The van der Waals surface area contributed by atoms with Gasteiger partial charge in [0.2, 0.25) is 0 Å². The van der Waals surface area contributed by atoms with E-state index in [0.29, 0.717) is 30.5 Å². The number of benzene rings is 1. The minimum atomic E-state index is -0.587. The lowest BCUT2D eigenvalue weighted by molar-refractivity contribution is -0.146. The Morgan fingerprint density at radius 1 is 0.794 bits per heavy atom. The highest BCUT2D eigenvalue weighted by molar-refractivity contribution is 5.84. The lowest BCUT2D eigenvalue weighted by Gasteiger charge is -2.25. The molecule has 0 bridgehead atoms. The number of hydrogen-bond donors (Lipinski definition) is 0. The highest BCUT2D eigenvalue weighted by Gasteiger charge is 2.21. The van der Waals surface area contributed by atoms with Crippen molar-refractivity contribution >= 4 is 35.9 Å². The van der Waals surface area contributed by atoms with E-state index in [1.54, 1.807) is 11.0 Å². The van der Waals surface area contributed by atoms with Crippen LogP contribution in [-0.2, 0) is 38.1 Å². The molecule has 0 saturated carbocycles. The van der Waals surface area contributed by atoms with Gasteiger partial charge in [-0.05, 0) is 24.6 Å². The molecule has 0 heterocycles. The summed E-state index contributed by atoms with van der Waals surface area (Å²) >= 11 is 0. The summed E-state index contributed by atoms with van der Waals surface area (Å²) in [6.07, 6.45) is 1.03. The monoisotopic (exact) mass is 482 g/mol. The van der Waals surface area contributed by atoms with Crippen LogP contribution in [0.3, 0.4) is 0 Å². The molecule has 12 heteroatoms. The molecule has 34 heavy (non-hydrogen) atoms. The lowest BCUT2D eigenvalue weighted by atomic mass is 10.2. The summed E-state index contributed by atoms with van der Waals surface area (Å²) in [7, 11) is 4.94. The Kier molecular flexibility index (Phi) is 12.7. The maximum absolute atomic E-state index is 11.9. The van der Waals surface area contributed by atoms with Crippen LogP contribution in [-0.4, -0.2) is 103 Å². The number of rotatable bonds is 15. The molecule has 0 aliphatic rings. The van der Waals surface area contributed by atoms with Gasteiger partial charge in [-0.3, -0.25) is 28.9 Å². The summed E-state index contributed by atoms with van der Waals surface area (Å²) in [6.45, 7) is -0.282. The molecule has 1 rings (SSSR count). The Hall–Kier alpha value is -3.67. The second-order valence-electron chi connectivity index (χ2n) is 6.92. The maximum atomic E-state index is 11.9. The Morgan fingerprint density at radius 3 is 1.76 bits per heavy atom. The van der Waals surface area contributed by atoms with Crippen LogP contribution in [0.4, 0.5) is 5.69 Å². The topological polar surface area (TPSA) is 138 Å². The van der Waals surface area contributed by atoms with Crippen LogP contribution < -0.4 is 9.64 Å². The van der Waals surface area contributed by atoms with Crippen molar-refractivity contribution in [2.45, 2.75) is 6.42 Å². The minimum Gasteiger partial charge on any atom is -0.491 e. The third-order valence-electron chi connectivity index (χ3n) is 4.59. The molecular weight excluding hydrogens is 452 g/mol. The van der Waals surface area contributed by atoms with Gasteiger partial charge in [0.1, 0.15) is 25.1 Å². The van der Waals surface area contributed by atoms with Gasteiger partial charge in [-0.1, -0.05) is 0 Å². The van der Waals surface area contributed by atoms with Crippen LogP contribution in [0.5, 0.6) is 5.75 Å². The van der Waals surface area contributed by atoms with Gasteiger partial charge in [0, 0.05) is 12.1 Å². The second kappa shape index (κ2) is 15.2. The molecule has 0 aliphatic carbocycles. The number of esters is 4. The number of methoxy groups -OCH3 is 4. The highest BCUT2D eigenvalue weighted by Crippen LogP contribution is 2.29. The first-order valence-corrected chi connectivity index (χ1v) is 10.2. The van der Waals surface area contributed by atoms with Crippen LogP contribution in [0, 0.1) is 0 Å². The highest BCUT2D eigenvalue weighted by atomic mass is 16.5. The first kappa shape index (κ1) is 28.4. The van der Waals surface area contributed by atoms with Gasteiger partial charge in [-0.15, -0.1) is 0 Å². The SMILES string of the molecule is COC(=O)CN(CCCOc1cc(C=O)ccc1N(CC(=O)OC)CC(=O)OC)CC(=O)OC. The zero-order valence-corrected chi connectivity index (χ0v) is 19.7. The van der Waals surface area contributed by atoms with Gasteiger partial charge >= 0.3 is 23.9 Å². The quantitative estimate of drug-likeness (QED) is 0.145. The summed E-state index contributed by atoms with van der Waals surface area (Å²) in [5, 5.41) is 0. The van der Waals surface area contributed by atoms with Crippen molar-refractivity contribution in [1.29, 1.82) is 0 Å². The van der Waals surface area contributed by atoms with Crippen LogP contribution in [0.1, 0.15) is 16.8 Å². The Balaban J connectivity index is 2.98. The molecule has 0 aliphatic heterocycles. The van der Waals surface area contributed by atoms with Crippen molar-refractivity contribution in [2.24, 2.45) is 0 Å². The molecule has 0 unspecified atom stereocenters. The van der Waals surface area contributed by atoms with Crippen molar-refractivity contribution in [2.75, 3.05) is 72.7 Å². The van der Waals surface area contributed by atoms with E-state index in [1.165, 1.54) is 45.5 Å². The van der Waals surface area contributed by atoms with Gasteiger partial charge in [-0.2, -0.15) is 0 Å². The average molecular weight is 482 g/mol. The van der Waals surface area contributed by atoms with Gasteiger partial charge < -0.3 is 28.6 Å². The fourth-order valence-electron chi connectivity index (χ4n) is 2.83. The number of nitrogens with zero attached hydrogens (tertiary/aromatic N) is 2. The van der Waals surface area contributed by atoms with Crippen molar-refractivity contribution in [3.8, 4) is 5.75 Å². The third-order valence-corrected chi connectivity index (χ3v) is 4.59. The molecule has 0 atom stereocenters. The average Bonchev–Trinajstić information content (AvgIpc) is 2.85. The first-order chi connectivity index (χ1) is 16.3. The largest absolute Gasteiger partial charge is 0.491 e. The molecular formula is C22H30N2O10. The van der Waals surface area contributed by atoms with Crippen molar-refractivity contribution < 1.29 is 47.7 Å². The van der Waals surface area contributed by atoms with E-state index < -0.39 is 23.9 Å². The van der Waals surface area contributed by atoms with Crippen molar-refractivity contribution in [3.05, 3.63) is 23.8 Å². The predicted octanol–water partition coefficient (Wildman–Crippen LogP) is 0.0684. The molecule has 1 aromatic rings. The minimum absolute atomic E-state index is 0.108. The summed E-state index contributed by atoms with van der Waals surface area (Å²) < 4.78 is 24.5. The van der Waals surface area contributed by atoms with E-state index in [9.17, 15) is 24.0 Å². The molecule has 188 valence electrons. The first-order valence-electron chi connectivity index (χ1n) is 10.2. The summed E-state index contributed by atoms with van der Waals surface area (Å²) in [4.78, 5) is 61.1. The van der Waals surface area contributed by atoms with Crippen molar-refractivity contribution in [1.82, 2.24) is 4.90 Å². The van der Waals surface area contributed by atoms with Gasteiger partial charge in [-0.25, -0.2) is 0 Å². The van der Waals surface area contributed by atoms with Crippen LogP contribution in [0.25, 0.3) is 0 Å². The Bertz CT molecular complexity index is 822. The summed E-state index contributed by atoms with van der Waals surface area (Å²) in [5.41, 5.74) is 0.704. The van der Waals surface area contributed by atoms with Gasteiger partial charge in [0.25, 0.3) is 0 Å². The normalized spacial score (nSPS) is 10.3. The van der Waals surface area contributed by atoms with E-state index in [4.69, 9.17) is 14.2 Å². The molecule has 0 N–H and O–H groups in total. The van der Waals surface area contributed by atoms with E-state index in [1.807, 2.05) is 0 Å². The van der Waals surface area contributed by atoms with E-state index in [-0.39, 0.29) is 38.5 Å². The predicted molar refractivity (Wildman–Crippen MR) is 119 cm³/mol. The molecule has 1 aromatic carbocycles. The smallest absolute Gasteiger partial charge is 0.325 e. The third kappa shape index (κ3) is 9.86. The summed E-state index contributed by atoms with van der Waals surface area (Å²) in [6, 6.07) is 4.54. The molecule has 0 fully saturated rings. The van der Waals surface area contributed by atoms with Crippen LogP contribution in [0.15, 0.2) is 18.2 Å². The number of aldehydes is 1. The van der Waals surface area contributed by atoms with Crippen LogP contribution >= 0.6 is 0 Å². The number of anilines is 1. The zero-order chi connectivity index (χ0) is 25.5. The molecule has 0 aromatic heterocycles. The van der Waals surface area contributed by atoms with E-state index in [0.717, 1.165) is 0 Å². The van der Waals surface area contributed by atoms with Gasteiger partial charge in [0.05, 0.1) is 53.8 Å². The van der Waals surface area contributed by atoms with Gasteiger partial charge in [0.15, 0.2) is 0 Å². The number of hydrogen-bond acceptors (Lipinski definition) is 12. The lowest BCUT2D eigenvalue weighted by Crippen LogP contribution is -2.37. The molecule has 0 radical (unpaired) electrons. The number of carbonyl (C=O) groups is 5. The second-order valence-corrected chi connectivity index (χ2v) is 6.92. The number of ether oxygens (including phenoxy) is 5. The Labute approximate surface area is 197 Å². The zero-order valence-electron chi connectivity index (χ0n) is 19.7. The fraction of sp³-hybridized carbons (Fsp3) is 0.500. The van der Waals surface area contributed by atoms with E-state index >= 15 is 0 Å². The standard InChI is InChI=1S/C22H30N2O10/c1-30-19(26)11-23(12-20(27)31-2)8-5-9-34-18-10-16(15-25)6-7-17(18)24(13-21(28)32-3)14-22(29)33-4/h6-7,10,15H,5,8-9,11-14H2,1-4H3. The Morgan fingerprint density at radius 2 is 1.29 bits per heavy atom. The molecule has 0 spiro atoms. The maximum Gasteiger partial charge on any atom is 0.325 e. The molecule has 0 amide bonds. The number of carbonyl (C=O) groups excluding carboxylic acids is 5. The fourth-order valence-corrected chi connectivity index (χ4v) is 2.83. The molecule has 12 nitrogen and oxygen atoms in total.